The van der Waals surface area contributed by atoms with Gasteiger partial charge in [-0.1, -0.05) is 30.3 Å². The highest BCUT2D eigenvalue weighted by Gasteiger charge is 2.39. The molecule has 1 aromatic heterocycles. The number of nitrogens with zero attached hydrogens (tertiary/aromatic N) is 3. The summed E-state index contributed by atoms with van der Waals surface area (Å²) in [6, 6.07) is 11.5. The van der Waals surface area contributed by atoms with E-state index in [0.717, 1.165) is 24.6 Å². The van der Waals surface area contributed by atoms with Crippen molar-refractivity contribution in [1.29, 1.82) is 0 Å². The van der Waals surface area contributed by atoms with Gasteiger partial charge in [0.2, 0.25) is 0 Å². The summed E-state index contributed by atoms with van der Waals surface area (Å²) >= 11 is 0. The van der Waals surface area contributed by atoms with Crippen LogP contribution in [-0.2, 0) is 13.5 Å². The Kier molecular flexibility index (Phi) is 7.70. The van der Waals surface area contributed by atoms with Crippen molar-refractivity contribution >= 4 is 29.9 Å². The van der Waals surface area contributed by atoms with E-state index in [2.05, 4.69) is 78.8 Å². The molecule has 0 saturated heterocycles. The summed E-state index contributed by atoms with van der Waals surface area (Å²) in [5.74, 6) is 1.51. The van der Waals surface area contributed by atoms with Crippen molar-refractivity contribution in [2.75, 3.05) is 6.54 Å². The van der Waals surface area contributed by atoms with Gasteiger partial charge >= 0.3 is 0 Å². The van der Waals surface area contributed by atoms with Gasteiger partial charge in [0.05, 0.1) is 5.69 Å². The normalized spacial score (nSPS) is 20.0. The Morgan fingerprint density at radius 1 is 1.30 bits per heavy atom. The van der Waals surface area contributed by atoms with Crippen LogP contribution in [0, 0.1) is 13.8 Å². The number of hydrogen-bond donors (Lipinski definition) is 2. The second kappa shape index (κ2) is 9.57. The number of hydrogen-bond acceptors (Lipinski definition) is 2. The summed E-state index contributed by atoms with van der Waals surface area (Å²) in [6.45, 7) is 9.28. The van der Waals surface area contributed by atoms with Crippen LogP contribution in [0.5, 0.6) is 0 Å². The zero-order valence-electron chi connectivity index (χ0n) is 17.0. The van der Waals surface area contributed by atoms with Crippen molar-refractivity contribution in [3.05, 3.63) is 52.8 Å². The van der Waals surface area contributed by atoms with Gasteiger partial charge in [0.25, 0.3) is 0 Å². The number of aromatic nitrogens is 2. The summed E-state index contributed by atoms with van der Waals surface area (Å²) in [5, 5.41) is 11.7. The smallest absolute Gasteiger partial charge is 0.191 e. The quantitative estimate of drug-likeness (QED) is 0.376. The van der Waals surface area contributed by atoms with Gasteiger partial charge in [0.15, 0.2) is 5.96 Å². The van der Waals surface area contributed by atoms with E-state index in [1.807, 2.05) is 11.7 Å². The maximum absolute atomic E-state index is 4.64. The fraction of sp³-hybridized carbons (Fsp3) is 0.524. The first-order valence-corrected chi connectivity index (χ1v) is 9.61. The zero-order chi connectivity index (χ0) is 18.7. The van der Waals surface area contributed by atoms with Crippen molar-refractivity contribution in [3.63, 3.8) is 0 Å². The molecule has 1 heterocycles. The summed E-state index contributed by atoms with van der Waals surface area (Å²) in [7, 11) is 2.01. The third kappa shape index (κ3) is 5.46. The molecule has 0 bridgehead atoms. The maximum Gasteiger partial charge on any atom is 0.191 e. The first-order valence-electron chi connectivity index (χ1n) is 9.61. The highest BCUT2D eigenvalue weighted by molar-refractivity contribution is 14.0. The zero-order valence-corrected chi connectivity index (χ0v) is 19.3. The highest BCUT2D eigenvalue weighted by atomic mass is 127. The largest absolute Gasteiger partial charge is 0.354 e. The van der Waals surface area contributed by atoms with Gasteiger partial charge in [-0.3, -0.25) is 9.67 Å². The third-order valence-corrected chi connectivity index (χ3v) is 5.21. The van der Waals surface area contributed by atoms with Crippen LogP contribution < -0.4 is 10.6 Å². The van der Waals surface area contributed by atoms with Gasteiger partial charge in [-0.15, -0.1) is 24.0 Å². The Balaban J connectivity index is 0.00000261. The van der Waals surface area contributed by atoms with E-state index < -0.39 is 0 Å². The van der Waals surface area contributed by atoms with Gasteiger partial charge in [0, 0.05) is 37.3 Å². The topological polar surface area (TPSA) is 54.2 Å². The Bertz CT molecular complexity index is 768. The fourth-order valence-corrected chi connectivity index (χ4v) is 3.59. The van der Waals surface area contributed by atoms with Crippen LogP contribution in [-0.4, -0.2) is 34.4 Å². The average Bonchev–Trinajstić information content (AvgIpc) is 3.34. The van der Waals surface area contributed by atoms with E-state index in [0.29, 0.717) is 18.0 Å². The van der Waals surface area contributed by atoms with Gasteiger partial charge in [-0.25, -0.2) is 0 Å². The lowest BCUT2D eigenvalue weighted by Crippen LogP contribution is -2.44. The number of guanidine groups is 1. The van der Waals surface area contributed by atoms with Crippen molar-refractivity contribution in [2.45, 2.75) is 58.5 Å². The minimum absolute atomic E-state index is 0. The van der Waals surface area contributed by atoms with Crippen LogP contribution in [0.25, 0.3) is 0 Å². The standard InChI is InChI=1S/C21H31N5.HI/c1-6-22-21(24-20-13-19(20)17-10-8-7-9-11-17)23-14(2)12-18-15(3)25-26(5)16(18)4;/h7-11,14,19-20H,6,12-13H2,1-5H3,(H2,22,23,24);1H. The molecule has 3 rings (SSSR count). The molecule has 6 heteroatoms. The molecule has 3 atom stereocenters. The molecule has 27 heavy (non-hydrogen) atoms. The van der Waals surface area contributed by atoms with Crippen LogP contribution >= 0.6 is 24.0 Å². The number of aryl methyl sites for hydroxylation is 2. The van der Waals surface area contributed by atoms with Crippen molar-refractivity contribution in [3.8, 4) is 0 Å². The lowest BCUT2D eigenvalue weighted by Gasteiger charge is -2.19. The molecule has 1 fully saturated rings. The second-order valence-corrected chi connectivity index (χ2v) is 7.35. The minimum Gasteiger partial charge on any atom is -0.354 e. The van der Waals surface area contributed by atoms with Crippen molar-refractivity contribution in [2.24, 2.45) is 12.0 Å². The predicted molar refractivity (Wildman–Crippen MR) is 123 cm³/mol. The highest BCUT2D eigenvalue weighted by Crippen LogP contribution is 2.40. The average molecular weight is 481 g/mol. The van der Waals surface area contributed by atoms with Crippen molar-refractivity contribution in [1.82, 2.24) is 20.4 Å². The molecule has 0 amide bonds. The molecule has 0 spiro atoms. The van der Waals surface area contributed by atoms with E-state index in [-0.39, 0.29) is 24.0 Å². The number of nitrogens with one attached hydrogen (secondary N) is 2. The summed E-state index contributed by atoms with van der Waals surface area (Å²) in [6.07, 6.45) is 2.12. The monoisotopic (exact) mass is 481 g/mol. The van der Waals surface area contributed by atoms with Crippen LogP contribution in [0.3, 0.4) is 0 Å². The fourth-order valence-electron chi connectivity index (χ4n) is 3.59. The molecule has 148 valence electrons. The number of aliphatic imine (C=N–C) groups is 1. The van der Waals surface area contributed by atoms with Crippen LogP contribution in [0.1, 0.15) is 48.7 Å². The molecule has 3 unspecified atom stereocenters. The molecule has 5 nitrogen and oxygen atoms in total. The second-order valence-electron chi connectivity index (χ2n) is 7.35. The lowest BCUT2D eigenvalue weighted by atomic mass is 10.1. The minimum atomic E-state index is 0. The van der Waals surface area contributed by atoms with E-state index in [1.54, 1.807) is 0 Å². The van der Waals surface area contributed by atoms with E-state index in [4.69, 9.17) is 0 Å². The van der Waals surface area contributed by atoms with Crippen LogP contribution in [0.15, 0.2) is 35.3 Å². The Labute approximate surface area is 180 Å². The SMILES string of the molecule is CCN=C(NC(C)Cc1c(C)nn(C)c1C)NC1CC1c1ccccc1.I. The molecular formula is C21H32IN5. The molecule has 2 aromatic rings. The van der Waals surface area contributed by atoms with Gasteiger partial charge in [-0.05, 0) is 51.7 Å². The Morgan fingerprint density at radius 3 is 2.59 bits per heavy atom. The van der Waals surface area contributed by atoms with Crippen LogP contribution in [0.4, 0.5) is 0 Å². The number of benzene rings is 1. The van der Waals surface area contributed by atoms with Gasteiger partial charge < -0.3 is 10.6 Å². The molecule has 2 N–H and O–H groups in total. The molecule has 1 aliphatic rings. The number of rotatable bonds is 6. The van der Waals surface area contributed by atoms with E-state index in [9.17, 15) is 0 Å². The first kappa shape index (κ1) is 21.7. The van der Waals surface area contributed by atoms with E-state index >= 15 is 0 Å². The van der Waals surface area contributed by atoms with Gasteiger partial charge in [-0.2, -0.15) is 5.10 Å². The molecule has 0 aliphatic heterocycles. The predicted octanol–water partition coefficient (Wildman–Crippen LogP) is 3.70. The van der Waals surface area contributed by atoms with E-state index in [1.165, 1.54) is 23.2 Å². The molecular weight excluding hydrogens is 449 g/mol. The summed E-state index contributed by atoms with van der Waals surface area (Å²) < 4.78 is 1.96. The molecule has 1 saturated carbocycles. The maximum atomic E-state index is 4.64. The third-order valence-electron chi connectivity index (χ3n) is 5.21. The van der Waals surface area contributed by atoms with Crippen molar-refractivity contribution < 1.29 is 0 Å². The molecule has 0 radical (unpaired) electrons. The molecule has 1 aliphatic carbocycles. The molecule has 1 aromatic carbocycles. The summed E-state index contributed by atoms with van der Waals surface area (Å²) in [4.78, 5) is 4.64. The number of halogens is 1. The first-order chi connectivity index (χ1) is 12.5. The Hall–Kier alpha value is -1.57. The Morgan fingerprint density at radius 2 is 2.00 bits per heavy atom. The van der Waals surface area contributed by atoms with Gasteiger partial charge in [0.1, 0.15) is 0 Å². The lowest BCUT2D eigenvalue weighted by molar-refractivity contribution is 0.632. The van der Waals surface area contributed by atoms with Crippen LogP contribution in [0.2, 0.25) is 0 Å². The summed E-state index contributed by atoms with van der Waals surface area (Å²) in [5.41, 5.74) is 5.10.